The molecule has 0 saturated heterocycles. The van der Waals surface area contributed by atoms with Crippen LogP contribution in [0.25, 0.3) is 0 Å². The maximum absolute atomic E-state index is 12.8. The van der Waals surface area contributed by atoms with Crippen LogP contribution >= 0.6 is 0 Å². The highest BCUT2D eigenvalue weighted by Gasteiger charge is 2.09. The number of hydrogen-bond donors (Lipinski definition) is 1. The molecule has 0 bridgehead atoms. The Bertz CT molecular complexity index is 320. The first-order valence-electron chi connectivity index (χ1n) is 7.13. The molecule has 0 radical (unpaired) electrons. The summed E-state index contributed by atoms with van der Waals surface area (Å²) in [4.78, 5) is 0. The van der Waals surface area contributed by atoms with Gasteiger partial charge in [-0.1, -0.05) is 39.3 Å². The summed E-state index contributed by atoms with van der Waals surface area (Å²) >= 11 is 0. The predicted molar refractivity (Wildman–Crippen MR) is 76.3 cm³/mol. The van der Waals surface area contributed by atoms with Crippen molar-refractivity contribution in [3.05, 3.63) is 35.6 Å². The van der Waals surface area contributed by atoms with Crippen molar-refractivity contribution < 1.29 is 4.39 Å². The van der Waals surface area contributed by atoms with Crippen LogP contribution in [0, 0.1) is 11.7 Å². The molecule has 0 heterocycles. The number of benzene rings is 1. The largest absolute Gasteiger partial charge is 0.314 e. The molecule has 0 fully saturated rings. The molecule has 0 aliphatic carbocycles. The maximum atomic E-state index is 12.8. The molecule has 0 aliphatic rings. The third kappa shape index (κ3) is 5.63. The van der Waals surface area contributed by atoms with Crippen molar-refractivity contribution in [2.75, 3.05) is 6.54 Å². The number of rotatable bonds is 8. The van der Waals surface area contributed by atoms with E-state index >= 15 is 0 Å². The predicted octanol–water partition coefficient (Wildman–Crippen LogP) is 4.17. The van der Waals surface area contributed by atoms with Crippen LogP contribution < -0.4 is 5.32 Å². The highest BCUT2D eigenvalue weighted by molar-refractivity contribution is 5.16. The highest BCUT2D eigenvalue weighted by atomic mass is 19.1. The van der Waals surface area contributed by atoms with Crippen LogP contribution in [0.2, 0.25) is 0 Å². The Balaban J connectivity index is 2.28. The molecule has 0 amide bonds. The fourth-order valence-corrected chi connectivity index (χ4v) is 2.12. The molecule has 1 rings (SSSR count). The minimum absolute atomic E-state index is 0.157. The van der Waals surface area contributed by atoms with Crippen molar-refractivity contribution in [2.45, 2.75) is 52.5 Å². The van der Waals surface area contributed by atoms with Crippen molar-refractivity contribution >= 4 is 0 Å². The van der Waals surface area contributed by atoms with Gasteiger partial charge in [0.05, 0.1) is 0 Å². The average Bonchev–Trinajstić information content (AvgIpc) is 2.39. The van der Waals surface area contributed by atoms with E-state index in [9.17, 15) is 4.39 Å². The fourth-order valence-electron chi connectivity index (χ4n) is 2.12. The Morgan fingerprint density at radius 2 is 1.78 bits per heavy atom. The first kappa shape index (κ1) is 15.2. The van der Waals surface area contributed by atoms with Gasteiger partial charge in [-0.2, -0.15) is 0 Å². The molecule has 18 heavy (non-hydrogen) atoms. The molecule has 2 heteroatoms. The smallest absolute Gasteiger partial charge is 0.123 e. The van der Waals surface area contributed by atoms with Gasteiger partial charge in [-0.25, -0.2) is 4.39 Å². The van der Waals surface area contributed by atoms with Crippen molar-refractivity contribution in [3.63, 3.8) is 0 Å². The van der Waals surface area contributed by atoms with Gasteiger partial charge in [0.1, 0.15) is 5.82 Å². The van der Waals surface area contributed by atoms with Crippen LogP contribution in [0.15, 0.2) is 24.3 Å². The van der Waals surface area contributed by atoms with Gasteiger partial charge in [0.15, 0.2) is 0 Å². The molecule has 0 aliphatic heterocycles. The lowest BCUT2D eigenvalue weighted by Crippen LogP contribution is -2.31. The standard InChI is InChI=1S/C16H26FN/c1-4-13(3)12-16(5-2)18-11-10-14-6-8-15(17)9-7-14/h6-9,13,16,18H,4-5,10-12H2,1-3H3. The van der Waals surface area contributed by atoms with Gasteiger partial charge in [0.25, 0.3) is 0 Å². The van der Waals surface area contributed by atoms with E-state index < -0.39 is 0 Å². The van der Waals surface area contributed by atoms with Crippen LogP contribution in [0.1, 0.15) is 45.6 Å². The van der Waals surface area contributed by atoms with Gasteiger partial charge >= 0.3 is 0 Å². The second-order valence-electron chi connectivity index (χ2n) is 5.18. The Kier molecular flexibility index (Phi) is 6.96. The topological polar surface area (TPSA) is 12.0 Å². The lowest BCUT2D eigenvalue weighted by atomic mass is 9.97. The van der Waals surface area contributed by atoms with Crippen molar-refractivity contribution in [3.8, 4) is 0 Å². The van der Waals surface area contributed by atoms with Gasteiger partial charge in [0, 0.05) is 6.04 Å². The second-order valence-corrected chi connectivity index (χ2v) is 5.18. The summed E-state index contributed by atoms with van der Waals surface area (Å²) in [5.74, 6) is 0.628. The monoisotopic (exact) mass is 251 g/mol. The van der Waals surface area contributed by atoms with Crippen LogP contribution in [-0.2, 0) is 6.42 Å². The Labute approximate surface area is 111 Å². The zero-order valence-corrected chi connectivity index (χ0v) is 11.9. The second kappa shape index (κ2) is 8.25. The molecule has 102 valence electrons. The lowest BCUT2D eigenvalue weighted by Gasteiger charge is -2.20. The summed E-state index contributed by atoms with van der Waals surface area (Å²) in [6.07, 6.45) is 4.64. The highest BCUT2D eigenvalue weighted by Crippen LogP contribution is 2.12. The average molecular weight is 251 g/mol. The summed E-state index contributed by atoms with van der Waals surface area (Å²) < 4.78 is 12.8. The van der Waals surface area contributed by atoms with Crippen LogP contribution in [0.3, 0.4) is 0 Å². The van der Waals surface area contributed by atoms with Crippen molar-refractivity contribution in [2.24, 2.45) is 5.92 Å². The molecular weight excluding hydrogens is 225 g/mol. The van der Waals surface area contributed by atoms with Gasteiger partial charge in [-0.05, 0) is 49.4 Å². The molecule has 0 spiro atoms. The summed E-state index contributed by atoms with van der Waals surface area (Å²) in [6.45, 7) is 7.76. The summed E-state index contributed by atoms with van der Waals surface area (Å²) in [6, 6.07) is 7.41. The lowest BCUT2D eigenvalue weighted by molar-refractivity contribution is 0.387. The molecule has 1 nitrogen and oxygen atoms in total. The minimum Gasteiger partial charge on any atom is -0.314 e. The first-order valence-corrected chi connectivity index (χ1v) is 7.13. The zero-order chi connectivity index (χ0) is 13.4. The SMILES string of the molecule is CCC(C)CC(CC)NCCc1ccc(F)cc1. The van der Waals surface area contributed by atoms with Gasteiger partial charge < -0.3 is 5.32 Å². The van der Waals surface area contributed by atoms with E-state index in [0.717, 1.165) is 18.9 Å². The summed E-state index contributed by atoms with van der Waals surface area (Å²) in [7, 11) is 0. The summed E-state index contributed by atoms with van der Waals surface area (Å²) in [5.41, 5.74) is 1.20. The van der Waals surface area contributed by atoms with Crippen molar-refractivity contribution in [1.82, 2.24) is 5.32 Å². The third-order valence-electron chi connectivity index (χ3n) is 3.64. The van der Waals surface area contributed by atoms with E-state index in [0.29, 0.717) is 6.04 Å². The van der Waals surface area contributed by atoms with E-state index in [4.69, 9.17) is 0 Å². The Morgan fingerprint density at radius 3 is 2.33 bits per heavy atom. The normalized spacial score (nSPS) is 14.4. The number of halogens is 1. The minimum atomic E-state index is -0.157. The number of nitrogens with one attached hydrogen (secondary N) is 1. The molecule has 1 N–H and O–H groups in total. The molecule has 1 aromatic carbocycles. The fraction of sp³-hybridized carbons (Fsp3) is 0.625. The van der Waals surface area contributed by atoms with E-state index in [1.54, 1.807) is 0 Å². The Morgan fingerprint density at radius 1 is 1.11 bits per heavy atom. The van der Waals surface area contributed by atoms with Gasteiger partial charge in [-0.15, -0.1) is 0 Å². The van der Waals surface area contributed by atoms with Crippen LogP contribution in [0.5, 0.6) is 0 Å². The van der Waals surface area contributed by atoms with Crippen molar-refractivity contribution in [1.29, 1.82) is 0 Å². The van der Waals surface area contributed by atoms with Gasteiger partial charge in [0.2, 0.25) is 0 Å². The van der Waals surface area contributed by atoms with E-state index in [-0.39, 0.29) is 5.82 Å². The quantitative estimate of drug-likeness (QED) is 0.731. The molecule has 0 saturated carbocycles. The number of hydrogen-bond acceptors (Lipinski definition) is 1. The molecule has 0 aromatic heterocycles. The maximum Gasteiger partial charge on any atom is 0.123 e. The Hall–Kier alpha value is -0.890. The van der Waals surface area contributed by atoms with Crippen LogP contribution in [-0.4, -0.2) is 12.6 Å². The molecular formula is C16H26FN. The van der Waals surface area contributed by atoms with Gasteiger partial charge in [-0.3, -0.25) is 0 Å². The van der Waals surface area contributed by atoms with Crippen LogP contribution in [0.4, 0.5) is 4.39 Å². The van der Waals surface area contributed by atoms with E-state index in [2.05, 4.69) is 26.1 Å². The zero-order valence-electron chi connectivity index (χ0n) is 11.9. The first-order chi connectivity index (χ1) is 8.65. The third-order valence-corrected chi connectivity index (χ3v) is 3.64. The molecule has 2 atom stereocenters. The summed E-state index contributed by atoms with van der Waals surface area (Å²) in [5, 5.41) is 3.60. The van der Waals surface area contributed by atoms with E-state index in [1.807, 2.05) is 12.1 Å². The van der Waals surface area contributed by atoms with E-state index in [1.165, 1.54) is 37.0 Å². The molecule has 2 unspecified atom stereocenters. The molecule has 1 aromatic rings.